The van der Waals surface area contributed by atoms with Crippen LogP contribution in [0.25, 0.3) is 0 Å². The van der Waals surface area contributed by atoms with E-state index in [4.69, 9.17) is 5.73 Å². The van der Waals surface area contributed by atoms with Gasteiger partial charge in [0.2, 0.25) is 0 Å². The molecule has 1 aromatic carbocycles. The fourth-order valence-electron chi connectivity index (χ4n) is 1.35. The Hall–Kier alpha value is -1.69. The zero-order valence-electron chi connectivity index (χ0n) is 8.64. The molecule has 0 amide bonds. The van der Waals surface area contributed by atoms with E-state index in [1.54, 1.807) is 11.4 Å². The summed E-state index contributed by atoms with van der Waals surface area (Å²) in [6, 6.07) is 3.12. The molecule has 3 N–H and O–H groups in total. The topological polar surface area (TPSA) is 38.0 Å². The molecule has 2 rings (SSSR count). The lowest BCUT2D eigenvalue weighted by molar-refractivity contribution is 0.497. The Balaban J connectivity index is 2.17. The zero-order chi connectivity index (χ0) is 12.4. The van der Waals surface area contributed by atoms with E-state index in [2.05, 4.69) is 5.32 Å². The zero-order valence-corrected chi connectivity index (χ0v) is 9.45. The molecule has 0 radical (unpaired) electrons. The molecule has 90 valence electrons. The van der Waals surface area contributed by atoms with Crippen molar-refractivity contribution < 1.29 is 13.2 Å². The summed E-state index contributed by atoms with van der Waals surface area (Å²) in [7, 11) is 0. The third kappa shape index (κ3) is 2.52. The molecule has 0 fully saturated rings. The predicted molar refractivity (Wildman–Crippen MR) is 62.4 cm³/mol. The first-order valence-corrected chi connectivity index (χ1v) is 5.66. The van der Waals surface area contributed by atoms with Gasteiger partial charge in [0.1, 0.15) is 5.82 Å². The van der Waals surface area contributed by atoms with Crippen molar-refractivity contribution in [3.8, 4) is 0 Å². The molecular formula is C11H9F3N2S. The van der Waals surface area contributed by atoms with E-state index in [1.807, 2.05) is 0 Å². The summed E-state index contributed by atoms with van der Waals surface area (Å²) in [6.07, 6.45) is 0. The number of anilines is 2. The highest BCUT2D eigenvalue weighted by Crippen LogP contribution is 2.23. The number of thiophene rings is 1. The number of hydrogen-bond donors (Lipinski definition) is 2. The van der Waals surface area contributed by atoms with Crippen molar-refractivity contribution in [2.75, 3.05) is 11.1 Å². The average molecular weight is 258 g/mol. The van der Waals surface area contributed by atoms with Gasteiger partial charge in [-0.15, -0.1) is 11.3 Å². The molecule has 0 aliphatic carbocycles. The van der Waals surface area contributed by atoms with Crippen molar-refractivity contribution in [2.24, 2.45) is 0 Å². The Morgan fingerprint density at radius 2 is 2.00 bits per heavy atom. The van der Waals surface area contributed by atoms with Crippen LogP contribution in [0.15, 0.2) is 23.6 Å². The molecule has 2 aromatic rings. The van der Waals surface area contributed by atoms with Gasteiger partial charge in [-0.2, -0.15) is 0 Å². The highest BCUT2D eigenvalue weighted by Gasteiger charge is 2.11. The monoisotopic (exact) mass is 258 g/mol. The number of nitrogen functional groups attached to an aromatic ring is 1. The summed E-state index contributed by atoms with van der Waals surface area (Å²) < 4.78 is 39.1. The van der Waals surface area contributed by atoms with Gasteiger partial charge in [-0.1, -0.05) is 0 Å². The molecule has 0 unspecified atom stereocenters. The fraction of sp³-hybridized carbons (Fsp3) is 0.0909. The first-order valence-electron chi connectivity index (χ1n) is 4.78. The molecule has 0 aliphatic rings. The van der Waals surface area contributed by atoms with Crippen LogP contribution in [0.3, 0.4) is 0 Å². The molecule has 0 saturated heterocycles. The molecule has 0 bridgehead atoms. The van der Waals surface area contributed by atoms with Crippen LogP contribution in [0.1, 0.15) is 4.88 Å². The van der Waals surface area contributed by atoms with Gasteiger partial charge >= 0.3 is 0 Å². The van der Waals surface area contributed by atoms with Gasteiger partial charge in [0, 0.05) is 22.7 Å². The van der Waals surface area contributed by atoms with Gasteiger partial charge in [-0.3, -0.25) is 0 Å². The predicted octanol–water partition coefficient (Wildman–Crippen LogP) is 3.36. The van der Waals surface area contributed by atoms with E-state index in [9.17, 15) is 13.2 Å². The van der Waals surface area contributed by atoms with Crippen molar-refractivity contribution in [1.82, 2.24) is 0 Å². The number of rotatable bonds is 3. The van der Waals surface area contributed by atoms with Crippen LogP contribution in [-0.2, 0) is 6.54 Å². The molecule has 17 heavy (non-hydrogen) atoms. The van der Waals surface area contributed by atoms with Crippen LogP contribution in [0.4, 0.5) is 24.5 Å². The summed E-state index contributed by atoms with van der Waals surface area (Å²) >= 11 is 1.39. The molecule has 0 aliphatic heterocycles. The van der Waals surface area contributed by atoms with E-state index in [1.165, 1.54) is 11.3 Å². The number of halogens is 3. The van der Waals surface area contributed by atoms with Crippen LogP contribution in [0.2, 0.25) is 0 Å². The van der Waals surface area contributed by atoms with E-state index in [0.717, 1.165) is 10.9 Å². The number of hydrogen-bond acceptors (Lipinski definition) is 3. The summed E-state index contributed by atoms with van der Waals surface area (Å²) in [5.74, 6) is -3.14. The maximum atomic E-state index is 13.3. The molecule has 1 aromatic heterocycles. The van der Waals surface area contributed by atoms with Crippen molar-refractivity contribution in [3.05, 3.63) is 45.9 Å². The minimum Gasteiger partial charge on any atom is -0.398 e. The first-order chi connectivity index (χ1) is 8.08. The molecule has 0 atom stereocenters. The minimum atomic E-state index is -1.22. The van der Waals surface area contributed by atoms with Crippen LogP contribution < -0.4 is 11.1 Å². The molecule has 0 spiro atoms. The molecule has 0 saturated carbocycles. The van der Waals surface area contributed by atoms with Gasteiger partial charge < -0.3 is 11.1 Å². The molecular weight excluding hydrogens is 249 g/mol. The smallest absolute Gasteiger partial charge is 0.182 e. The summed E-state index contributed by atoms with van der Waals surface area (Å²) in [5.41, 5.74) is 5.99. The van der Waals surface area contributed by atoms with Crippen molar-refractivity contribution in [2.45, 2.75) is 6.54 Å². The third-order valence-electron chi connectivity index (χ3n) is 2.21. The second kappa shape index (κ2) is 4.67. The number of nitrogens with two attached hydrogens (primary N) is 1. The minimum absolute atomic E-state index is 0.213. The Morgan fingerprint density at radius 3 is 2.65 bits per heavy atom. The van der Waals surface area contributed by atoms with Crippen LogP contribution in [0, 0.1) is 17.5 Å². The standard InChI is InChI=1S/C11H9F3N2S/c12-6-3-7(13)11(14)9(4-6)16-5-10-8(15)1-2-17-10/h1-4,16H,5,15H2. The summed E-state index contributed by atoms with van der Waals surface area (Å²) in [4.78, 5) is 0.786. The van der Waals surface area contributed by atoms with E-state index in [-0.39, 0.29) is 12.2 Å². The maximum Gasteiger partial charge on any atom is 0.182 e. The van der Waals surface area contributed by atoms with E-state index in [0.29, 0.717) is 11.8 Å². The highest BCUT2D eigenvalue weighted by molar-refractivity contribution is 7.10. The van der Waals surface area contributed by atoms with Crippen LogP contribution in [-0.4, -0.2) is 0 Å². The average Bonchev–Trinajstić information content (AvgIpc) is 2.67. The second-order valence-corrected chi connectivity index (χ2v) is 4.40. The largest absolute Gasteiger partial charge is 0.398 e. The summed E-state index contributed by atoms with van der Waals surface area (Å²) in [5, 5.41) is 4.40. The third-order valence-corrected chi connectivity index (χ3v) is 3.15. The SMILES string of the molecule is Nc1ccsc1CNc1cc(F)cc(F)c1F. The highest BCUT2D eigenvalue weighted by atomic mass is 32.1. The van der Waals surface area contributed by atoms with Gasteiger partial charge in [0.15, 0.2) is 11.6 Å². The molecule has 2 nitrogen and oxygen atoms in total. The van der Waals surface area contributed by atoms with Gasteiger partial charge in [-0.25, -0.2) is 13.2 Å². The van der Waals surface area contributed by atoms with Crippen LogP contribution >= 0.6 is 11.3 Å². The van der Waals surface area contributed by atoms with E-state index >= 15 is 0 Å². The van der Waals surface area contributed by atoms with E-state index < -0.39 is 17.5 Å². The normalized spacial score (nSPS) is 10.5. The van der Waals surface area contributed by atoms with Gasteiger partial charge in [0.25, 0.3) is 0 Å². The van der Waals surface area contributed by atoms with Gasteiger partial charge in [-0.05, 0) is 11.4 Å². The number of benzene rings is 1. The lowest BCUT2D eigenvalue weighted by Crippen LogP contribution is -2.03. The van der Waals surface area contributed by atoms with Crippen LogP contribution in [0.5, 0.6) is 0 Å². The quantitative estimate of drug-likeness (QED) is 0.828. The Morgan fingerprint density at radius 1 is 1.24 bits per heavy atom. The lowest BCUT2D eigenvalue weighted by atomic mass is 10.2. The molecule has 1 heterocycles. The van der Waals surface area contributed by atoms with Gasteiger partial charge in [0.05, 0.1) is 12.2 Å². The summed E-state index contributed by atoms with van der Waals surface area (Å²) in [6.45, 7) is 0.226. The fourth-order valence-corrected chi connectivity index (χ4v) is 2.09. The van der Waals surface area contributed by atoms with Crippen molar-refractivity contribution in [1.29, 1.82) is 0 Å². The Kier molecular flexibility index (Phi) is 3.23. The maximum absolute atomic E-state index is 13.3. The Labute approximate surface area is 99.9 Å². The first kappa shape index (κ1) is 11.8. The Bertz CT molecular complexity index is 540. The number of nitrogens with one attached hydrogen (secondary N) is 1. The van der Waals surface area contributed by atoms with Crippen molar-refractivity contribution >= 4 is 22.7 Å². The lowest BCUT2D eigenvalue weighted by Gasteiger charge is -2.07. The second-order valence-electron chi connectivity index (χ2n) is 3.40. The molecule has 6 heteroatoms. The van der Waals surface area contributed by atoms with Crippen molar-refractivity contribution in [3.63, 3.8) is 0 Å².